The lowest BCUT2D eigenvalue weighted by atomic mass is 10.1. The number of para-hydroxylation sites is 1. The number of rotatable bonds is 2. The van der Waals surface area contributed by atoms with Crippen LogP contribution < -0.4 is 20.5 Å². The standard InChI is InChI=1S/C15H15ClN2O2/c1-9-3-2-4-10(16)15(9)18-12-8-14-13(7-11(12)17)19-5-6-20-14/h2-4,7-8,18H,5-6,17H2,1H3. The largest absolute Gasteiger partial charge is 0.486 e. The van der Waals surface area contributed by atoms with Crippen molar-refractivity contribution in [3.8, 4) is 11.5 Å². The van der Waals surface area contributed by atoms with Crippen molar-refractivity contribution in [2.75, 3.05) is 24.3 Å². The molecule has 0 radical (unpaired) electrons. The fourth-order valence-corrected chi connectivity index (χ4v) is 2.41. The molecule has 5 heteroatoms. The highest BCUT2D eigenvalue weighted by atomic mass is 35.5. The van der Waals surface area contributed by atoms with Crippen LogP contribution in [0.25, 0.3) is 0 Å². The number of hydrogen-bond donors (Lipinski definition) is 2. The van der Waals surface area contributed by atoms with E-state index in [9.17, 15) is 0 Å². The quantitative estimate of drug-likeness (QED) is 0.827. The normalized spacial score (nSPS) is 13.1. The predicted octanol–water partition coefficient (Wildman–Crippen LogP) is 3.75. The number of hydrogen-bond acceptors (Lipinski definition) is 4. The Labute approximate surface area is 122 Å². The Morgan fingerprint density at radius 3 is 2.55 bits per heavy atom. The number of benzene rings is 2. The lowest BCUT2D eigenvalue weighted by Gasteiger charge is -2.21. The molecule has 0 saturated heterocycles. The second kappa shape index (κ2) is 5.13. The van der Waals surface area contributed by atoms with Crippen LogP contribution >= 0.6 is 11.6 Å². The van der Waals surface area contributed by atoms with Crippen LogP contribution in [0.15, 0.2) is 30.3 Å². The number of ether oxygens (including phenoxy) is 2. The molecule has 0 aromatic heterocycles. The smallest absolute Gasteiger partial charge is 0.163 e. The first kappa shape index (κ1) is 12.9. The van der Waals surface area contributed by atoms with Gasteiger partial charge in [0.05, 0.1) is 22.1 Å². The van der Waals surface area contributed by atoms with E-state index in [0.717, 1.165) is 16.9 Å². The summed E-state index contributed by atoms with van der Waals surface area (Å²) in [6.07, 6.45) is 0. The Balaban J connectivity index is 1.98. The van der Waals surface area contributed by atoms with Gasteiger partial charge in [-0.3, -0.25) is 0 Å². The van der Waals surface area contributed by atoms with Gasteiger partial charge in [-0.15, -0.1) is 0 Å². The molecule has 1 aliphatic heterocycles. The van der Waals surface area contributed by atoms with Crippen molar-refractivity contribution in [3.05, 3.63) is 40.9 Å². The van der Waals surface area contributed by atoms with Crippen molar-refractivity contribution in [2.24, 2.45) is 0 Å². The molecule has 0 bridgehead atoms. The minimum Gasteiger partial charge on any atom is -0.486 e. The molecule has 1 aliphatic rings. The fourth-order valence-electron chi connectivity index (χ4n) is 2.14. The van der Waals surface area contributed by atoms with Crippen LogP contribution in [-0.2, 0) is 0 Å². The summed E-state index contributed by atoms with van der Waals surface area (Å²) in [7, 11) is 0. The molecule has 0 amide bonds. The number of anilines is 3. The first-order valence-electron chi connectivity index (χ1n) is 6.36. The van der Waals surface area contributed by atoms with Crippen LogP contribution in [0, 0.1) is 6.92 Å². The van der Waals surface area contributed by atoms with Crippen molar-refractivity contribution in [3.63, 3.8) is 0 Å². The summed E-state index contributed by atoms with van der Waals surface area (Å²) in [4.78, 5) is 0. The summed E-state index contributed by atoms with van der Waals surface area (Å²) in [6.45, 7) is 3.08. The molecule has 104 valence electrons. The highest BCUT2D eigenvalue weighted by molar-refractivity contribution is 6.33. The van der Waals surface area contributed by atoms with Crippen molar-refractivity contribution in [2.45, 2.75) is 6.92 Å². The van der Waals surface area contributed by atoms with Crippen LogP contribution in [0.4, 0.5) is 17.1 Å². The van der Waals surface area contributed by atoms with Crippen LogP contribution in [0.1, 0.15) is 5.56 Å². The van der Waals surface area contributed by atoms with Gasteiger partial charge in [0.15, 0.2) is 11.5 Å². The summed E-state index contributed by atoms with van der Waals surface area (Å²) in [5.41, 5.74) is 9.29. The molecule has 0 saturated carbocycles. The molecule has 4 nitrogen and oxygen atoms in total. The van der Waals surface area contributed by atoms with Crippen LogP contribution in [-0.4, -0.2) is 13.2 Å². The summed E-state index contributed by atoms with van der Waals surface area (Å²) in [5, 5.41) is 3.92. The van der Waals surface area contributed by atoms with E-state index in [4.69, 9.17) is 26.8 Å². The van der Waals surface area contributed by atoms with E-state index in [-0.39, 0.29) is 0 Å². The molecule has 0 fully saturated rings. The third-order valence-electron chi connectivity index (χ3n) is 3.20. The summed E-state index contributed by atoms with van der Waals surface area (Å²) in [6, 6.07) is 9.35. The Hall–Kier alpha value is -2.07. The average Bonchev–Trinajstić information content (AvgIpc) is 2.43. The molecule has 2 aromatic rings. The molecule has 3 N–H and O–H groups in total. The molecule has 2 aromatic carbocycles. The summed E-state index contributed by atoms with van der Waals surface area (Å²) < 4.78 is 11.1. The number of aryl methyl sites for hydroxylation is 1. The minimum atomic E-state index is 0.543. The van der Waals surface area contributed by atoms with Gasteiger partial charge in [-0.05, 0) is 18.6 Å². The van der Waals surface area contributed by atoms with Gasteiger partial charge in [-0.2, -0.15) is 0 Å². The van der Waals surface area contributed by atoms with Crippen molar-refractivity contribution < 1.29 is 9.47 Å². The van der Waals surface area contributed by atoms with Gasteiger partial charge in [0.1, 0.15) is 13.2 Å². The fraction of sp³-hybridized carbons (Fsp3) is 0.200. The van der Waals surface area contributed by atoms with Gasteiger partial charge in [0.25, 0.3) is 0 Å². The van der Waals surface area contributed by atoms with E-state index in [1.165, 1.54) is 0 Å². The third-order valence-corrected chi connectivity index (χ3v) is 3.51. The molecule has 0 spiro atoms. The maximum atomic E-state index is 6.22. The van der Waals surface area contributed by atoms with Gasteiger partial charge < -0.3 is 20.5 Å². The summed E-state index contributed by atoms with van der Waals surface area (Å²) in [5.74, 6) is 1.37. The minimum absolute atomic E-state index is 0.543. The Morgan fingerprint density at radius 2 is 1.85 bits per heavy atom. The number of nitrogen functional groups attached to an aromatic ring is 1. The van der Waals surface area contributed by atoms with Gasteiger partial charge in [0, 0.05) is 12.1 Å². The highest BCUT2D eigenvalue weighted by Crippen LogP contribution is 2.39. The Kier molecular flexibility index (Phi) is 3.32. The van der Waals surface area contributed by atoms with Crippen molar-refractivity contribution in [1.82, 2.24) is 0 Å². The zero-order valence-electron chi connectivity index (χ0n) is 11.1. The topological polar surface area (TPSA) is 56.5 Å². The zero-order chi connectivity index (χ0) is 14.1. The number of nitrogens with one attached hydrogen (secondary N) is 1. The lowest BCUT2D eigenvalue weighted by Crippen LogP contribution is -2.15. The van der Waals surface area contributed by atoms with Gasteiger partial charge in [-0.25, -0.2) is 0 Å². The second-order valence-corrected chi connectivity index (χ2v) is 5.05. The number of fused-ring (bicyclic) bond motifs is 1. The Bertz CT molecular complexity index is 638. The maximum Gasteiger partial charge on any atom is 0.163 e. The Morgan fingerprint density at radius 1 is 1.15 bits per heavy atom. The molecule has 0 atom stereocenters. The molecule has 0 unspecified atom stereocenters. The van der Waals surface area contributed by atoms with Gasteiger partial charge >= 0.3 is 0 Å². The van der Waals surface area contributed by atoms with E-state index in [1.54, 1.807) is 6.07 Å². The number of halogens is 1. The van der Waals surface area contributed by atoms with Gasteiger partial charge in [-0.1, -0.05) is 23.7 Å². The highest BCUT2D eigenvalue weighted by Gasteiger charge is 2.15. The number of nitrogens with two attached hydrogens (primary N) is 1. The van der Waals surface area contributed by atoms with Crippen LogP contribution in [0.2, 0.25) is 5.02 Å². The van der Waals surface area contributed by atoms with E-state index >= 15 is 0 Å². The van der Waals surface area contributed by atoms with Crippen LogP contribution in [0.3, 0.4) is 0 Å². The second-order valence-electron chi connectivity index (χ2n) is 4.64. The van der Waals surface area contributed by atoms with E-state index < -0.39 is 0 Å². The molecular weight excluding hydrogens is 276 g/mol. The van der Waals surface area contributed by atoms with E-state index in [2.05, 4.69) is 5.32 Å². The van der Waals surface area contributed by atoms with E-state index in [0.29, 0.717) is 35.4 Å². The van der Waals surface area contributed by atoms with Crippen LogP contribution in [0.5, 0.6) is 11.5 Å². The third kappa shape index (κ3) is 2.34. The zero-order valence-corrected chi connectivity index (χ0v) is 11.8. The van der Waals surface area contributed by atoms with Crippen molar-refractivity contribution >= 4 is 28.7 Å². The lowest BCUT2D eigenvalue weighted by molar-refractivity contribution is 0.172. The molecule has 3 rings (SSSR count). The molecular formula is C15H15ClN2O2. The first-order chi connectivity index (χ1) is 9.65. The molecule has 20 heavy (non-hydrogen) atoms. The average molecular weight is 291 g/mol. The maximum absolute atomic E-state index is 6.22. The van der Waals surface area contributed by atoms with Crippen molar-refractivity contribution in [1.29, 1.82) is 0 Å². The monoisotopic (exact) mass is 290 g/mol. The summed E-state index contributed by atoms with van der Waals surface area (Å²) >= 11 is 6.22. The predicted molar refractivity (Wildman–Crippen MR) is 81.3 cm³/mol. The van der Waals surface area contributed by atoms with E-state index in [1.807, 2.05) is 31.2 Å². The first-order valence-corrected chi connectivity index (χ1v) is 6.74. The van der Waals surface area contributed by atoms with Gasteiger partial charge in [0.2, 0.25) is 0 Å². The SMILES string of the molecule is Cc1cccc(Cl)c1Nc1cc2c(cc1N)OCCO2. The molecule has 1 heterocycles. The molecule has 0 aliphatic carbocycles.